The SMILES string of the molecule is COc1ccc(-c2cc3c(N4CCC(C(=O)N5CCN(c6ccccc6)CC5)CC4)nccn3n2)cc1. The van der Waals surface area contributed by atoms with Gasteiger partial charge in [0.1, 0.15) is 11.3 Å². The molecule has 37 heavy (non-hydrogen) atoms. The summed E-state index contributed by atoms with van der Waals surface area (Å²) in [5, 5.41) is 4.77. The topological polar surface area (TPSA) is 66.2 Å². The van der Waals surface area contributed by atoms with Crippen molar-refractivity contribution < 1.29 is 9.53 Å². The van der Waals surface area contributed by atoms with E-state index >= 15 is 0 Å². The number of para-hydroxylation sites is 1. The van der Waals surface area contributed by atoms with E-state index in [1.807, 2.05) is 41.0 Å². The number of rotatable bonds is 5. The van der Waals surface area contributed by atoms with Gasteiger partial charge in [0.25, 0.3) is 0 Å². The molecule has 2 saturated heterocycles. The predicted molar refractivity (Wildman–Crippen MR) is 145 cm³/mol. The molecule has 0 bridgehead atoms. The molecule has 0 spiro atoms. The smallest absolute Gasteiger partial charge is 0.225 e. The van der Waals surface area contributed by atoms with Crippen molar-refractivity contribution in [3.63, 3.8) is 0 Å². The minimum Gasteiger partial charge on any atom is -0.497 e. The summed E-state index contributed by atoms with van der Waals surface area (Å²) < 4.78 is 7.17. The Bertz CT molecular complexity index is 1350. The van der Waals surface area contributed by atoms with Crippen LogP contribution in [0.1, 0.15) is 12.8 Å². The quantitative estimate of drug-likeness (QED) is 0.417. The van der Waals surface area contributed by atoms with E-state index in [-0.39, 0.29) is 5.92 Å². The molecule has 4 aromatic rings. The van der Waals surface area contributed by atoms with Crippen molar-refractivity contribution >= 4 is 22.9 Å². The van der Waals surface area contributed by atoms with Gasteiger partial charge in [0.2, 0.25) is 5.91 Å². The number of carbonyl (C=O) groups is 1. The number of aromatic nitrogens is 3. The first-order valence-electron chi connectivity index (χ1n) is 13.0. The number of benzene rings is 2. The van der Waals surface area contributed by atoms with Gasteiger partial charge < -0.3 is 19.4 Å². The van der Waals surface area contributed by atoms with Crippen LogP contribution in [0.15, 0.2) is 73.1 Å². The zero-order chi connectivity index (χ0) is 25.2. The monoisotopic (exact) mass is 496 g/mol. The maximum Gasteiger partial charge on any atom is 0.225 e. The van der Waals surface area contributed by atoms with Crippen LogP contribution < -0.4 is 14.5 Å². The molecule has 0 N–H and O–H groups in total. The summed E-state index contributed by atoms with van der Waals surface area (Å²) in [6.45, 7) is 4.99. The predicted octanol–water partition coefficient (Wildman–Crippen LogP) is 3.97. The lowest BCUT2D eigenvalue weighted by atomic mass is 9.95. The third-order valence-corrected chi connectivity index (χ3v) is 7.61. The molecule has 2 fully saturated rings. The molecule has 8 heteroatoms. The maximum atomic E-state index is 13.3. The normalized spacial score (nSPS) is 16.8. The standard InChI is InChI=1S/C29H32N6O2/c1-37-25-9-7-22(8-10-25)26-21-27-28(30-13-16-35(27)31-26)33-14-11-23(12-15-33)29(36)34-19-17-32(18-20-34)24-5-3-2-4-6-24/h2-10,13,16,21,23H,11-12,14-15,17-20H2,1H3. The highest BCUT2D eigenvalue weighted by Gasteiger charge is 2.31. The lowest BCUT2D eigenvalue weighted by Gasteiger charge is -2.39. The molecule has 2 aliphatic rings. The summed E-state index contributed by atoms with van der Waals surface area (Å²) in [4.78, 5) is 24.7. The van der Waals surface area contributed by atoms with E-state index in [1.165, 1.54) is 5.69 Å². The van der Waals surface area contributed by atoms with Crippen LogP contribution in [-0.4, -0.2) is 71.8 Å². The van der Waals surface area contributed by atoms with Crippen LogP contribution in [0.3, 0.4) is 0 Å². The molecule has 0 radical (unpaired) electrons. The van der Waals surface area contributed by atoms with Gasteiger partial charge in [-0.25, -0.2) is 9.50 Å². The van der Waals surface area contributed by atoms with E-state index < -0.39 is 0 Å². The Hall–Kier alpha value is -4.07. The number of hydrogen-bond acceptors (Lipinski definition) is 6. The first-order valence-corrected chi connectivity index (χ1v) is 13.0. The summed E-state index contributed by atoms with van der Waals surface area (Å²) in [6.07, 6.45) is 5.38. The van der Waals surface area contributed by atoms with E-state index in [1.54, 1.807) is 13.3 Å². The zero-order valence-electron chi connectivity index (χ0n) is 21.2. The van der Waals surface area contributed by atoms with E-state index in [0.717, 1.165) is 80.5 Å². The highest BCUT2D eigenvalue weighted by Crippen LogP contribution is 2.30. The van der Waals surface area contributed by atoms with Gasteiger partial charge in [0.15, 0.2) is 5.82 Å². The minimum absolute atomic E-state index is 0.0824. The Labute approximate surface area is 217 Å². The number of fused-ring (bicyclic) bond motifs is 1. The minimum atomic E-state index is 0.0824. The van der Waals surface area contributed by atoms with Crippen LogP contribution in [0.5, 0.6) is 5.75 Å². The molecular weight excluding hydrogens is 464 g/mol. The summed E-state index contributed by atoms with van der Waals surface area (Å²) in [5.41, 5.74) is 4.15. The van der Waals surface area contributed by atoms with Gasteiger partial charge in [0, 0.05) is 68.8 Å². The lowest BCUT2D eigenvalue weighted by molar-refractivity contribution is -0.136. The van der Waals surface area contributed by atoms with Crippen LogP contribution in [0.25, 0.3) is 16.8 Å². The Morgan fingerprint density at radius 2 is 1.62 bits per heavy atom. The number of anilines is 2. The van der Waals surface area contributed by atoms with Crippen LogP contribution in [0.2, 0.25) is 0 Å². The number of methoxy groups -OCH3 is 1. The van der Waals surface area contributed by atoms with Crippen LogP contribution in [0, 0.1) is 5.92 Å². The Morgan fingerprint density at radius 1 is 0.892 bits per heavy atom. The third kappa shape index (κ3) is 4.71. The van der Waals surface area contributed by atoms with Gasteiger partial charge in [-0.1, -0.05) is 18.2 Å². The second-order valence-electron chi connectivity index (χ2n) is 9.75. The van der Waals surface area contributed by atoms with Gasteiger partial charge in [-0.3, -0.25) is 4.79 Å². The highest BCUT2D eigenvalue weighted by molar-refractivity contribution is 5.80. The molecule has 0 aliphatic carbocycles. The number of carbonyl (C=O) groups excluding carboxylic acids is 1. The second kappa shape index (κ2) is 10.1. The molecule has 1 amide bonds. The summed E-state index contributed by atoms with van der Waals surface area (Å²) in [6, 6.07) is 20.5. The molecule has 190 valence electrons. The Balaban J connectivity index is 1.09. The fraction of sp³-hybridized carbons (Fsp3) is 0.345. The molecule has 0 saturated carbocycles. The van der Waals surface area contributed by atoms with Crippen molar-refractivity contribution in [3.05, 3.63) is 73.1 Å². The molecule has 8 nitrogen and oxygen atoms in total. The van der Waals surface area contributed by atoms with Crippen molar-refractivity contribution in [2.45, 2.75) is 12.8 Å². The molecule has 2 aromatic carbocycles. The molecule has 4 heterocycles. The fourth-order valence-corrected chi connectivity index (χ4v) is 5.48. The lowest BCUT2D eigenvalue weighted by Crippen LogP contribution is -2.51. The second-order valence-corrected chi connectivity index (χ2v) is 9.75. The third-order valence-electron chi connectivity index (χ3n) is 7.61. The Morgan fingerprint density at radius 3 is 2.32 bits per heavy atom. The largest absolute Gasteiger partial charge is 0.497 e. The van der Waals surface area contributed by atoms with Gasteiger partial charge in [-0.2, -0.15) is 5.10 Å². The first kappa shape index (κ1) is 23.3. The van der Waals surface area contributed by atoms with Crippen molar-refractivity contribution in [1.29, 1.82) is 0 Å². The molecule has 2 aliphatic heterocycles. The van der Waals surface area contributed by atoms with Gasteiger partial charge >= 0.3 is 0 Å². The van der Waals surface area contributed by atoms with E-state index in [2.05, 4.69) is 45.0 Å². The summed E-state index contributed by atoms with van der Waals surface area (Å²) >= 11 is 0. The number of piperidine rings is 1. The Kier molecular flexibility index (Phi) is 6.39. The maximum absolute atomic E-state index is 13.3. The molecule has 6 rings (SSSR count). The number of hydrogen-bond donors (Lipinski definition) is 0. The fourth-order valence-electron chi connectivity index (χ4n) is 5.48. The van der Waals surface area contributed by atoms with Crippen molar-refractivity contribution in [1.82, 2.24) is 19.5 Å². The molecule has 0 atom stereocenters. The van der Waals surface area contributed by atoms with Crippen molar-refractivity contribution in [2.24, 2.45) is 5.92 Å². The molecule has 2 aromatic heterocycles. The van der Waals surface area contributed by atoms with Gasteiger partial charge in [-0.05, 0) is 55.3 Å². The summed E-state index contributed by atoms with van der Waals surface area (Å²) in [5.74, 6) is 2.14. The number of piperazine rings is 1. The van der Waals surface area contributed by atoms with Crippen molar-refractivity contribution in [3.8, 4) is 17.0 Å². The van der Waals surface area contributed by atoms with E-state index in [9.17, 15) is 4.79 Å². The first-order chi connectivity index (χ1) is 18.2. The average molecular weight is 497 g/mol. The zero-order valence-corrected chi connectivity index (χ0v) is 21.2. The van der Waals surface area contributed by atoms with Gasteiger partial charge in [-0.15, -0.1) is 0 Å². The molecule has 0 unspecified atom stereocenters. The number of ether oxygens (including phenoxy) is 1. The summed E-state index contributed by atoms with van der Waals surface area (Å²) in [7, 11) is 1.67. The van der Waals surface area contributed by atoms with Gasteiger partial charge in [0.05, 0.1) is 12.8 Å². The number of nitrogens with zero attached hydrogens (tertiary/aromatic N) is 6. The van der Waals surface area contributed by atoms with Crippen LogP contribution >= 0.6 is 0 Å². The van der Waals surface area contributed by atoms with Crippen LogP contribution in [-0.2, 0) is 4.79 Å². The number of amides is 1. The average Bonchev–Trinajstić information content (AvgIpc) is 3.42. The molecular formula is C29H32N6O2. The van der Waals surface area contributed by atoms with Crippen molar-refractivity contribution in [2.75, 3.05) is 56.2 Å². The highest BCUT2D eigenvalue weighted by atomic mass is 16.5. The van der Waals surface area contributed by atoms with E-state index in [4.69, 9.17) is 14.8 Å². The van der Waals surface area contributed by atoms with Crippen LogP contribution in [0.4, 0.5) is 11.5 Å². The van der Waals surface area contributed by atoms with E-state index in [0.29, 0.717) is 5.91 Å².